The first-order valence-electron chi connectivity index (χ1n) is 11.4. The Hall–Kier alpha value is -2.11. The third kappa shape index (κ3) is 3.94. The number of aliphatic hydroxyl groups is 1. The van der Waals surface area contributed by atoms with Crippen LogP contribution in [0, 0.1) is 6.92 Å². The molecule has 4 nitrogen and oxygen atoms in total. The van der Waals surface area contributed by atoms with Gasteiger partial charge in [0.25, 0.3) is 5.56 Å². The second-order valence-electron chi connectivity index (χ2n) is 8.56. The molecule has 5 heteroatoms. The van der Waals surface area contributed by atoms with E-state index in [2.05, 4.69) is 31.4 Å². The molecule has 1 aliphatic rings. The molecule has 0 aliphatic carbocycles. The molecule has 3 aromatic rings. The number of aryl methyl sites for hydroxylation is 1. The predicted octanol–water partition coefficient (Wildman–Crippen LogP) is 6.02. The van der Waals surface area contributed by atoms with Gasteiger partial charge in [-0.05, 0) is 67.8 Å². The summed E-state index contributed by atoms with van der Waals surface area (Å²) < 4.78 is 1.85. The number of nitrogens with zero attached hydrogens (tertiary/aromatic N) is 2. The van der Waals surface area contributed by atoms with Gasteiger partial charge in [0.2, 0.25) is 0 Å². The number of aromatic nitrogens is 2. The maximum Gasteiger partial charge on any atom is 0.254 e. The van der Waals surface area contributed by atoms with E-state index in [-0.39, 0.29) is 5.56 Å². The second-order valence-corrected chi connectivity index (χ2v) is 9.44. The van der Waals surface area contributed by atoms with Gasteiger partial charge in [0.05, 0.1) is 29.6 Å². The van der Waals surface area contributed by atoms with Crippen LogP contribution in [0.15, 0.2) is 34.0 Å². The first-order valence-corrected chi connectivity index (χ1v) is 12.6. The SMILES string of the molecule is CCCCCc1c2c(nc3ccc(SC)cc13)-c1cc(C(O)CCC)c(C)c(=O)n1C2. The third-order valence-corrected chi connectivity index (χ3v) is 7.23. The fraction of sp³-hybridized carbons (Fsp3) is 0.462. The lowest BCUT2D eigenvalue weighted by Crippen LogP contribution is -2.24. The molecule has 2 aromatic heterocycles. The van der Waals surface area contributed by atoms with Crippen LogP contribution in [-0.4, -0.2) is 20.9 Å². The molecular weight excluding hydrogens is 404 g/mol. The van der Waals surface area contributed by atoms with E-state index in [0.717, 1.165) is 41.7 Å². The van der Waals surface area contributed by atoms with Gasteiger partial charge in [0, 0.05) is 21.4 Å². The molecule has 1 atom stereocenters. The molecule has 1 aromatic carbocycles. The molecule has 0 radical (unpaired) electrons. The van der Waals surface area contributed by atoms with E-state index >= 15 is 0 Å². The molecule has 0 bridgehead atoms. The van der Waals surface area contributed by atoms with Gasteiger partial charge in [-0.3, -0.25) is 4.79 Å². The zero-order valence-electron chi connectivity index (χ0n) is 19.0. The highest BCUT2D eigenvalue weighted by Crippen LogP contribution is 2.38. The number of hydrogen-bond donors (Lipinski definition) is 1. The Bertz CT molecular complexity index is 1180. The molecule has 0 saturated heterocycles. The van der Waals surface area contributed by atoms with Crippen LogP contribution >= 0.6 is 11.8 Å². The normalized spacial score (nSPS) is 13.5. The summed E-state index contributed by atoms with van der Waals surface area (Å²) in [6.45, 7) is 6.68. The summed E-state index contributed by atoms with van der Waals surface area (Å²) in [5.74, 6) is 0. The largest absolute Gasteiger partial charge is 0.388 e. The number of hydrogen-bond acceptors (Lipinski definition) is 4. The van der Waals surface area contributed by atoms with E-state index in [0.29, 0.717) is 18.5 Å². The summed E-state index contributed by atoms with van der Waals surface area (Å²) in [6, 6.07) is 8.48. The predicted molar refractivity (Wildman–Crippen MR) is 130 cm³/mol. The first-order chi connectivity index (χ1) is 15.0. The molecule has 1 unspecified atom stereocenters. The summed E-state index contributed by atoms with van der Waals surface area (Å²) in [6.07, 6.45) is 7.52. The van der Waals surface area contributed by atoms with Crippen LogP contribution in [0.25, 0.3) is 22.3 Å². The van der Waals surface area contributed by atoms with Crippen molar-refractivity contribution in [2.75, 3.05) is 6.26 Å². The van der Waals surface area contributed by atoms with Crippen molar-refractivity contribution < 1.29 is 5.11 Å². The van der Waals surface area contributed by atoms with Gasteiger partial charge >= 0.3 is 0 Å². The minimum Gasteiger partial charge on any atom is -0.388 e. The molecule has 4 rings (SSSR count). The third-order valence-electron chi connectivity index (χ3n) is 6.50. The fourth-order valence-corrected chi connectivity index (χ4v) is 5.19. The molecule has 3 heterocycles. The van der Waals surface area contributed by atoms with E-state index in [1.165, 1.54) is 34.3 Å². The molecule has 1 aliphatic heterocycles. The molecular formula is C26H32N2O2S. The van der Waals surface area contributed by atoms with Gasteiger partial charge in [0.1, 0.15) is 0 Å². The second kappa shape index (κ2) is 9.17. The summed E-state index contributed by atoms with van der Waals surface area (Å²) in [5.41, 5.74) is 6.66. The molecule has 0 saturated carbocycles. The molecule has 0 amide bonds. The number of benzene rings is 1. The standard InChI is InChI=1S/C26H32N2O2S/c1-5-7-8-10-18-20-13-17(31-4)11-12-22(20)27-25-21(18)15-28-23(25)14-19(16(3)26(28)30)24(29)9-6-2/h11-14,24,29H,5-10,15H2,1-4H3. The lowest BCUT2D eigenvalue weighted by molar-refractivity contribution is 0.165. The summed E-state index contributed by atoms with van der Waals surface area (Å²) >= 11 is 1.74. The Kier molecular flexibility index (Phi) is 6.54. The number of rotatable bonds is 8. The first kappa shape index (κ1) is 22.1. The monoisotopic (exact) mass is 436 g/mol. The Morgan fingerprint density at radius 2 is 2.00 bits per heavy atom. The van der Waals surface area contributed by atoms with Crippen LogP contribution in [0.4, 0.5) is 0 Å². The summed E-state index contributed by atoms with van der Waals surface area (Å²) in [7, 11) is 0. The van der Waals surface area contributed by atoms with E-state index in [1.807, 2.05) is 24.5 Å². The molecule has 1 N–H and O–H groups in total. The van der Waals surface area contributed by atoms with Gasteiger partial charge in [-0.1, -0.05) is 33.1 Å². The van der Waals surface area contributed by atoms with E-state index in [9.17, 15) is 9.90 Å². The number of aliphatic hydroxyl groups excluding tert-OH is 1. The minimum atomic E-state index is -0.610. The maximum absolute atomic E-state index is 13.2. The Morgan fingerprint density at radius 1 is 1.19 bits per heavy atom. The van der Waals surface area contributed by atoms with Crippen molar-refractivity contribution in [2.45, 2.75) is 76.8 Å². The van der Waals surface area contributed by atoms with Crippen LogP contribution in [0.1, 0.15) is 74.3 Å². The van der Waals surface area contributed by atoms with Gasteiger partial charge < -0.3 is 9.67 Å². The quantitative estimate of drug-likeness (QED) is 0.271. The molecule has 31 heavy (non-hydrogen) atoms. The van der Waals surface area contributed by atoms with Crippen LogP contribution in [0.2, 0.25) is 0 Å². The van der Waals surface area contributed by atoms with Gasteiger partial charge in [-0.15, -0.1) is 11.8 Å². The van der Waals surface area contributed by atoms with Crippen molar-refractivity contribution in [1.82, 2.24) is 9.55 Å². The highest BCUT2D eigenvalue weighted by Gasteiger charge is 2.28. The number of fused-ring (bicyclic) bond motifs is 4. The van der Waals surface area contributed by atoms with Crippen LogP contribution in [0.3, 0.4) is 0 Å². The highest BCUT2D eigenvalue weighted by atomic mass is 32.2. The van der Waals surface area contributed by atoms with Crippen molar-refractivity contribution in [1.29, 1.82) is 0 Å². The minimum absolute atomic E-state index is 0.00554. The lowest BCUT2D eigenvalue weighted by atomic mass is 9.95. The van der Waals surface area contributed by atoms with Gasteiger partial charge in [-0.25, -0.2) is 4.98 Å². The number of pyridine rings is 2. The van der Waals surface area contributed by atoms with Crippen LogP contribution < -0.4 is 5.56 Å². The van der Waals surface area contributed by atoms with Gasteiger partial charge in [0.15, 0.2) is 0 Å². The van der Waals surface area contributed by atoms with Crippen molar-refractivity contribution >= 4 is 22.7 Å². The van der Waals surface area contributed by atoms with Crippen molar-refractivity contribution in [3.63, 3.8) is 0 Å². The summed E-state index contributed by atoms with van der Waals surface area (Å²) in [4.78, 5) is 19.5. The Labute approximate surface area is 188 Å². The average molecular weight is 437 g/mol. The van der Waals surface area contributed by atoms with Crippen molar-refractivity contribution in [3.8, 4) is 11.4 Å². The number of thioether (sulfide) groups is 1. The van der Waals surface area contributed by atoms with E-state index < -0.39 is 6.10 Å². The highest BCUT2D eigenvalue weighted by molar-refractivity contribution is 7.98. The smallest absolute Gasteiger partial charge is 0.254 e. The number of unbranched alkanes of at least 4 members (excludes halogenated alkanes) is 2. The van der Waals surface area contributed by atoms with Crippen LogP contribution in [0.5, 0.6) is 0 Å². The van der Waals surface area contributed by atoms with E-state index in [1.54, 1.807) is 11.8 Å². The molecule has 164 valence electrons. The van der Waals surface area contributed by atoms with Crippen molar-refractivity contribution in [2.24, 2.45) is 0 Å². The molecule has 0 fully saturated rings. The zero-order chi connectivity index (χ0) is 22.1. The van der Waals surface area contributed by atoms with E-state index in [4.69, 9.17) is 4.98 Å². The topological polar surface area (TPSA) is 55.1 Å². The van der Waals surface area contributed by atoms with Crippen molar-refractivity contribution in [3.05, 3.63) is 56.9 Å². The molecule has 0 spiro atoms. The zero-order valence-corrected chi connectivity index (χ0v) is 19.8. The lowest BCUT2D eigenvalue weighted by Gasteiger charge is -2.15. The van der Waals surface area contributed by atoms with Crippen LogP contribution in [-0.2, 0) is 13.0 Å². The Balaban J connectivity index is 1.93. The Morgan fingerprint density at radius 3 is 2.71 bits per heavy atom. The summed E-state index contributed by atoms with van der Waals surface area (Å²) in [5, 5.41) is 11.9. The fourth-order valence-electron chi connectivity index (χ4n) is 4.75. The van der Waals surface area contributed by atoms with Gasteiger partial charge in [-0.2, -0.15) is 0 Å². The maximum atomic E-state index is 13.2. The average Bonchev–Trinajstić information content (AvgIpc) is 3.14.